The molecule has 5 heteroatoms. The average Bonchev–Trinajstić information content (AvgIpc) is 2.47. The highest BCUT2D eigenvalue weighted by Crippen LogP contribution is 2.25. The standard InChI is InChI=1S/C15H21Cl2NO2/c1-19-15-3-2-13(17)10-12(15)11-18-7-4-14(5-8-18)20-9-6-16/h2-3,10,14H,4-9,11H2,1H3. The van der Waals surface area contributed by atoms with Crippen LogP contribution in [-0.4, -0.2) is 43.7 Å². The lowest BCUT2D eigenvalue weighted by atomic mass is 10.1. The smallest absolute Gasteiger partial charge is 0.123 e. The van der Waals surface area contributed by atoms with Crippen molar-refractivity contribution in [3.05, 3.63) is 28.8 Å². The first-order valence-electron chi connectivity index (χ1n) is 6.95. The van der Waals surface area contributed by atoms with Crippen LogP contribution in [0.1, 0.15) is 18.4 Å². The molecule has 112 valence electrons. The Balaban J connectivity index is 1.87. The van der Waals surface area contributed by atoms with Gasteiger partial charge >= 0.3 is 0 Å². The van der Waals surface area contributed by atoms with Crippen LogP contribution in [0.15, 0.2) is 18.2 Å². The molecule has 1 heterocycles. The van der Waals surface area contributed by atoms with Gasteiger partial charge in [-0.3, -0.25) is 4.90 Å². The largest absolute Gasteiger partial charge is 0.496 e. The fourth-order valence-electron chi connectivity index (χ4n) is 2.56. The first-order valence-corrected chi connectivity index (χ1v) is 7.86. The van der Waals surface area contributed by atoms with E-state index in [4.69, 9.17) is 32.7 Å². The molecule has 0 bridgehead atoms. The third-order valence-electron chi connectivity index (χ3n) is 3.60. The number of nitrogens with zero attached hydrogens (tertiary/aromatic N) is 1. The van der Waals surface area contributed by atoms with Gasteiger partial charge < -0.3 is 9.47 Å². The molecule has 2 rings (SSSR count). The molecule has 20 heavy (non-hydrogen) atoms. The number of hydrogen-bond donors (Lipinski definition) is 0. The van der Waals surface area contributed by atoms with E-state index in [1.54, 1.807) is 7.11 Å². The van der Waals surface area contributed by atoms with E-state index in [0.717, 1.165) is 48.8 Å². The molecule has 0 atom stereocenters. The Hall–Kier alpha value is -0.480. The highest BCUT2D eigenvalue weighted by Gasteiger charge is 2.20. The SMILES string of the molecule is COc1ccc(Cl)cc1CN1CCC(OCCCl)CC1. The monoisotopic (exact) mass is 317 g/mol. The van der Waals surface area contributed by atoms with Crippen molar-refractivity contribution in [2.45, 2.75) is 25.5 Å². The van der Waals surface area contributed by atoms with E-state index in [9.17, 15) is 0 Å². The minimum Gasteiger partial charge on any atom is -0.496 e. The number of benzene rings is 1. The van der Waals surface area contributed by atoms with E-state index in [1.807, 2.05) is 18.2 Å². The van der Waals surface area contributed by atoms with E-state index in [-0.39, 0.29) is 0 Å². The maximum absolute atomic E-state index is 6.07. The Labute approximate surface area is 130 Å². The van der Waals surface area contributed by atoms with Crippen LogP contribution in [0.25, 0.3) is 0 Å². The van der Waals surface area contributed by atoms with Crippen LogP contribution < -0.4 is 4.74 Å². The minimum atomic E-state index is 0.353. The van der Waals surface area contributed by atoms with Gasteiger partial charge in [0.2, 0.25) is 0 Å². The van der Waals surface area contributed by atoms with Crippen LogP contribution >= 0.6 is 23.2 Å². The molecule has 3 nitrogen and oxygen atoms in total. The Kier molecular flexibility index (Phi) is 6.43. The average molecular weight is 318 g/mol. The molecule has 1 fully saturated rings. The summed E-state index contributed by atoms with van der Waals surface area (Å²) in [5.41, 5.74) is 1.14. The number of piperidine rings is 1. The Morgan fingerprint density at radius 3 is 2.70 bits per heavy atom. The van der Waals surface area contributed by atoms with E-state index >= 15 is 0 Å². The number of likely N-dealkylation sites (tertiary alicyclic amines) is 1. The normalized spacial score (nSPS) is 17.4. The quantitative estimate of drug-likeness (QED) is 0.749. The fourth-order valence-corrected chi connectivity index (χ4v) is 2.84. The summed E-state index contributed by atoms with van der Waals surface area (Å²) >= 11 is 11.7. The molecule has 1 saturated heterocycles. The molecule has 1 aromatic rings. The van der Waals surface area contributed by atoms with Crippen molar-refractivity contribution in [2.24, 2.45) is 0 Å². The topological polar surface area (TPSA) is 21.7 Å². The van der Waals surface area contributed by atoms with Gasteiger partial charge in [-0.25, -0.2) is 0 Å². The van der Waals surface area contributed by atoms with Crippen molar-refractivity contribution in [2.75, 3.05) is 32.7 Å². The molecule has 0 spiro atoms. The summed E-state index contributed by atoms with van der Waals surface area (Å²) < 4.78 is 11.1. The van der Waals surface area contributed by atoms with Crippen molar-refractivity contribution in [3.8, 4) is 5.75 Å². The van der Waals surface area contributed by atoms with Gasteiger partial charge in [-0.05, 0) is 31.0 Å². The number of methoxy groups -OCH3 is 1. The van der Waals surface area contributed by atoms with E-state index in [2.05, 4.69) is 4.90 Å². The maximum Gasteiger partial charge on any atom is 0.123 e. The van der Waals surface area contributed by atoms with Crippen molar-refractivity contribution < 1.29 is 9.47 Å². The predicted octanol–water partition coefficient (Wildman–Crippen LogP) is 3.57. The highest BCUT2D eigenvalue weighted by molar-refractivity contribution is 6.30. The molecule has 0 amide bonds. The van der Waals surface area contributed by atoms with Crippen LogP contribution in [0, 0.1) is 0 Å². The lowest BCUT2D eigenvalue weighted by molar-refractivity contribution is 0.0133. The summed E-state index contributed by atoms with van der Waals surface area (Å²) in [4.78, 5) is 2.41. The molecule has 0 unspecified atom stereocenters. The van der Waals surface area contributed by atoms with Gasteiger partial charge in [0.1, 0.15) is 5.75 Å². The van der Waals surface area contributed by atoms with Gasteiger partial charge in [-0.15, -0.1) is 11.6 Å². The summed E-state index contributed by atoms with van der Waals surface area (Å²) in [7, 11) is 1.69. The highest BCUT2D eigenvalue weighted by atomic mass is 35.5. The summed E-state index contributed by atoms with van der Waals surface area (Å²) in [5, 5.41) is 0.751. The lowest BCUT2D eigenvalue weighted by Crippen LogP contribution is -2.36. The van der Waals surface area contributed by atoms with Crippen LogP contribution in [0.3, 0.4) is 0 Å². The van der Waals surface area contributed by atoms with Gasteiger partial charge in [0.05, 0.1) is 19.8 Å². The lowest BCUT2D eigenvalue weighted by Gasteiger charge is -2.32. The van der Waals surface area contributed by atoms with Gasteiger partial charge in [0, 0.05) is 36.1 Å². The van der Waals surface area contributed by atoms with Gasteiger partial charge in [0.25, 0.3) is 0 Å². The molecule has 0 aromatic heterocycles. The Morgan fingerprint density at radius 1 is 1.30 bits per heavy atom. The first-order chi connectivity index (χ1) is 9.72. The molecule has 0 radical (unpaired) electrons. The number of hydrogen-bond acceptors (Lipinski definition) is 3. The Bertz CT molecular complexity index is 420. The molecule has 1 aromatic carbocycles. The second-order valence-electron chi connectivity index (χ2n) is 4.99. The van der Waals surface area contributed by atoms with Crippen molar-refractivity contribution >= 4 is 23.2 Å². The van der Waals surface area contributed by atoms with Crippen LogP contribution in [0.2, 0.25) is 5.02 Å². The van der Waals surface area contributed by atoms with Crippen molar-refractivity contribution in [1.29, 1.82) is 0 Å². The van der Waals surface area contributed by atoms with Crippen LogP contribution in [0.5, 0.6) is 5.75 Å². The number of halogens is 2. The predicted molar refractivity (Wildman–Crippen MR) is 83.0 cm³/mol. The zero-order valence-electron chi connectivity index (χ0n) is 11.8. The Morgan fingerprint density at radius 2 is 2.05 bits per heavy atom. The second-order valence-corrected chi connectivity index (χ2v) is 5.81. The third kappa shape index (κ3) is 4.52. The number of rotatable bonds is 6. The zero-order chi connectivity index (χ0) is 14.4. The van der Waals surface area contributed by atoms with Crippen molar-refractivity contribution in [3.63, 3.8) is 0 Å². The minimum absolute atomic E-state index is 0.353. The molecule has 1 aliphatic rings. The van der Waals surface area contributed by atoms with Gasteiger partial charge in [-0.2, -0.15) is 0 Å². The molecule has 1 aliphatic heterocycles. The van der Waals surface area contributed by atoms with Gasteiger partial charge in [0.15, 0.2) is 0 Å². The maximum atomic E-state index is 6.07. The van der Waals surface area contributed by atoms with E-state index in [1.165, 1.54) is 0 Å². The second kappa shape index (κ2) is 8.08. The molecular formula is C15H21Cl2NO2. The summed E-state index contributed by atoms with van der Waals surface area (Å²) in [5.74, 6) is 1.47. The molecular weight excluding hydrogens is 297 g/mol. The summed E-state index contributed by atoms with van der Waals surface area (Å²) in [6, 6.07) is 5.76. The fraction of sp³-hybridized carbons (Fsp3) is 0.600. The van der Waals surface area contributed by atoms with Crippen molar-refractivity contribution in [1.82, 2.24) is 4.90 Å². The zero-order valence-corrected chi connectivity index (χ0v) is 13.3. The molecule has 0 aliphatic carbocycles. The summed E-state index contributed by atoms with van der Waals surface area (Å²) in [6.45, 7) is 3.57. The third-order valence-corrected chi connectivity index (χ3v) is 3.99. The summed E-state index contributed by atoms with van der Waals surface area (Å²) in [6.07, 6.45) is 2.46. The van der Waals surface area contributed by atoms with E-state index < -0.39 is 0 Å². The number of ether oxygens (including phenoxy) is 2. The van der Waals surface area contributed by atoms with Crippen LogP contribution in [0.4, 0.5) is 0 Å². The number of alkyl halides is 1. The van der Waals surface area contributed by atoms with E-state index in [0.29, 0.717) is 18.6 Å². The van der Waals surface area contributed by atoms with Crippen LogP contribution in [-0.2, 0) is 11.3 Å². The molecule has 0 N–H and O–H groups in total. The first kappa shape index (κ1) is 15.9. The van der Waals surface area contributed by atoms with Gasteiger partial charge in [-0.1, -0.05) is 11.6 Å². The molecule has 0 saturated carbocycles.